The molecule has 6 nitrogen and oxygen atoms in total. The van der Waals surface area contributed by atoms with Crippen molar-refractivity contribution in [3.05, 3.63) is 24.2 Å². The lowest BCUT2D eigenvalue weighted by Gasteiger charge is -2.21. The molecule has 126 valence electrons. The Bertz CT molecular complexity index is 535. The summed E-state index contributed by atoms with van der Waals surface area (Å²) < 4.78 is 5.31. The molecule has 2 heterocycles. The van der Waals surface area contributed by atoms with Crippen LogP contribution in [0.2, 0.25) is 0 Å². The van der Waals surface area contributed by atoms with E-state index in [1.54, 1.807) is 13.3 Å². The summed E-state index contributed by atoms with van der Waals surface area (Å²) in [6, 6.07) is 4.07. The predicted octanol–water partition coefficient (Wildman–Crippen LogP) is 1.74. The number of aliphatic imine (C=N–C) groups is 1. The minimum Gasteiger partial charge on any atom is -0.467 e. The van der Waals surface area contributed by atoms with E-state index in [0.29, 0.717) is 12.5 Å². The van der Waals surface area contributed by atoms with Crippen molar-refractivity contribution < 1.29 is 9.21 Å². The van der Waals surface area contributed by atoms with Gasteiger partial charge >= 0.3 is 0 Å². The molecule has 1 aromatic heterocycles. The Balaban J connectivity index is 1.45. The molecule has 2 N–H and O–H groups in total. The number of amides is 1. The van der Waals surface area contributed by atoms with Crippen molar-refractivity contribution >= 4 is 11.9 Å². The molecule has 0 bridgehead atoms. The van der Waals surface area contributed by atoms with Gasteiger partial charge in [-0.2, -0.15) is 0 Å². The summed E-state index contributed by atoms with van der Waals surface area (Å²) in [7, 11) is 1.76. The van der Waals surface area contributed by atoms with E-state index in [4.69, 9.17) is 4.42 Å². The fourth-order valence-electron chi connectivity index (χ4n) is 3.48. The fourth-order valence-corrected chi connectivity index (χ4v) is 3.48. The van der Waals surface area contributed by atoms with Crippen molar-refractivity contribution in [2.24, 2.45) is 10.9 Å². The molecule has 2 fully saturated rings. The molecule has 0 spiro atoms. The molecule has 6 heteroatoms. The molecule has 0 aromatic carbocycles. The first-order valence-electron chi connectivity index (χ1n) is 8.54. The lowest BCUT2D eigenvalue weighted by Crippen LogP contribution is -2.45. The van der Waals surface area contributed by atoms with Crippen LogP contribution in [-0.4, -0.2) is 42.9 Å². The Kier molecular flexibility index (Phi) is 5.20. The third-order valence-electron chi connectivity index (χ3n) is 4.78. The minimum absolute atomic E-state index is 0.267. The second-order valence-electron chi connectivity index (χ2n) is 6.40. The molecule has 1 amide bonds. The Morgan fingerprint density at radius 2 is 2.22 bits per heavy atom. The van der Waals surface area contributed by atoms with Gasteiger partial charge in [-0.1, -0.05) is 12.8 Å². The Labute approximate surface area is 137 Å². The van der Waals surface area contributed by atoms with Crippen molar-refractivity contribution in [3.63, 3.8) is 0 Å². The van der Waals surface area contributed by atoms with E-state index in [1.807, 2.05) is 17.0 Å². The van der Waals surface area contributed by atoms with E-state index in [0.717, 1.165) is 44.1 Å². The number of carbonyl (C=O) groups is 1. The molecular formula is C17H26N4O2. The van der Waals surface area contributed by atoms with Gasteiger partial charge in [0.2, 0.25) is 5.91 Å². The summed E-state index contributed by atoms with van der Waals surface area (Å²) in [5, 5.41) is 6.65. The van der Waals surface area contributed by atoms with Gasteiger partial charge in [-0.3, -0.25) is 9.79 Å². The van der Waals surface area contributed by atoms with Crippen LogP contribution in [0.3, 0.4) is 0 Å². The summed E-state index contributed by atoms with van der Waals surface area (Å²) in [5.74, 6) is 2.24. The predicted molar refractivity (Wildman–Crippen MR) is 89.0 cm³/mol. The zero-order valence-electron chi connectivity index (χ0n) is 13.8. The lowest BCUT2D eigenvalue weighted by atomic mass is 10.1. The van der Waals surface area contributed by atoms with E-state index in [2.05, 4.69) is 15.6 Å². The van der Waals surface area contributed by atoms with Crippen molar-refractivity contribution in [2.45, 2.75) is 44.7 Å². The second kappa shape index (κ2) is 7.53. The van der Waals surface area contributed by atoms with Crippen LogP contribution in [0.4, 0.5) is 0 Å². The smallest absolute Gasteiger partial charge is 0.225 e. The zero-order chi connectivity index (χ0) is 16.1. The second-order valence-corrected chi connectivity index (χ2v) is 6.40. The maximum atomic E-state index is 12.5. The van der Waals surface area contributed by atoms with Gasteiger partial charge in [-0.05, 0) is 31.4 Å². The van der Waals surface area contributed by atoms with Crippen LogP contribution < -0.4 is 10.6 Å². The van der Waals surface area contributed by atoms with Gasteiger partial charge in [0.05, 0.1) is 12.8 Å². The molecular weight excluding hydrogens is 292 g/mol. The largest absolute Gasteiger partial charge is 0.467 e. The van der Waals surface area contributed by atoms with E-state index in [9.17, 15) is 4.79 Å². The molecule has 1 aromatic rings. The molecule has 3 rings (SSSR count). The maximum Gasteiger partial charge on any atom is 0.225 e. The topological polar surface area (TPSA) is 69.9 Å². The molecule has 23 heavy (non-hydrogen) atoms. The zero-order valence-corrected chi connectivity index (χ0v) is 13.8. The molecule has 2 aliphatic rings. The lowest BCUT2D eigenvalue weighted by molar-refractivity contribution is -0.134. The fraction of sp³-hybridized carbons (Fsp3) is 0.647. The number of carbonyl (C=O) groups excluding carboxylic acids is 1. The van der Waals surface area contributed by atoms with Gasteiger partial charge in [0.1, 0.15) is 5.76 Å². The van der Waals surface area contributed by atoms with Gasteiger partial charge in [0.25, 0.3) is 0 Å². The van der Waals surface area contributed by atoms with E-state index in [-0.39, 0.29) is 12.0 Å². The van der Waals surface area contributed by atoms with Crippen LogP contribution in [0.1, 0.15) is 37.9 Å². The van der Waals surface area contributed by atoms with Crippen LogP contribution in [0.25, 0.3) is 0 Å². The van der Waals surface area contributed by atoms with Crippen LogP contribution >= 0.6 is 0 Å². The van der Waals surface area contributed by atoms with Crippen molar-refractivity contribution in [2.75, 3.05) is 20.1 Å². The first kappa shape index (κ1) is 15.9. The number of hydrogen-bond donors (Lipinski definition) is 2. The Morgan fingerprint density at radius 3 is 2.91 bits per heavy atom. The molecule has 1 aliphatic heterocycles. The summed E-state index contributed by atoms with van der Waals surface area (Å²) in [6.07, 6.45) is 7.18. The first-order chi connectivity index (χ1) is 11.3. The standard InChI is InChI=1S/C17H26N4O2/c1-18-17(19-11-15-7-4-10-23-15)20-14-8-9-21(12-14)16(22)13-5-2-3-6-13/h4,7,10,13-14H,2-3,5-6,8-9,11-12H2,1H3,(H2,18,19,20). The number of nitrogens with zero attached hydrogens (tertiary/aromatic N) is 2. The number of guanidine groups is 1. The van der Waals surface area contributed by atoms with Crippen LogP contribution in [0.15, 0.2) is 27.8 Å². The minimum atomic E-state index is 0.267. The summed E-state index contributed by atoms with van der Waals surface area (Å²) in [6.45, 7) is 2.23. The van der Waals surface area contributed by atoms with Crippen molar-refractivity contribution in [1.29, 1.82) is 0 Å². The van der Waals surface area contributed by atoms with Gasteiger partial charge in [0, 0.05) is 32.1 Å². The van der Waals surface area contributed by atoms with E-state index in [1.165, 1.54) is 12.8 Å². The first-order valence-corrected chi connectivity index (χ1v) is 8.54. The highest BCUT2D eigenvalue weighted by Gasteiger charge is 2.32. The van der Waals surface area contributed by atoms with Gasteiger partial charge in [0.15, 0.2) is 5.96 Å². The van der Waals surface area contributed by atoms with Crippen LogP contribution in [-0.2, 0) is 11.3 Å². The van der Waals surface area contributed by atoms with E-state index >= 15 is 0 Å². The van der Waals surface area contributed by atoms with Crippen molar-refractivity contribution in [1.82, 2.24) is 15.5 Å². The third-order valence-corrected chi connectivity index (χ3v) is 4.78. The van der Waals surface area contributed by atoms with Gasteiger partial charge in [-0.15, -0.1) is 0 Å². The van der Waals surface area contributed by atoms with E-state index < -0.39 is 0 Å². The number of hydrogen-bond acceptors (Lipinski definition) is 3. The highest BCUT2D eigenvalue weighted by molar-refractivity contribution is 5.81. The quantitative estimate of drug-likeness (QED) is 0.655. The molecule has 1 atom stereocenters. The summed E-state index contributed by atoms with van der Waals surface area (Å²) in [5.41, 5.74) is 0. The third kappa shape index (κ3) is 4.06. The normalized spacial score (nSPS) is 22.6. The highest BCUT2D eigenvalue weighted by Crippen LogP contribution is 2.27. The SMILES string of the molecule is CN=C(NCc1ccco1)NC1CCN(C(=O)C2CCCC2)C1. The number of furan rings is 1. The Hall–Kier alpha value is -1.98. The molecule has 1 unspecified atom stereocenters. The molecule has 0 radical (unpaired) electrons. The maximum absolute atomic E-state index is 12.5. The monoisotopic (exact) mass is 318 g/mol. The summed E-state index contributed by atoms with van der Waals surface area (Å²) in [4.78, 5) is 18.7. The van der Waals surface area contributed by atoms with Gasteiger partial charge in [-0.25, -0.2) is 0 Å². The highest BCUT2D eigenvalue weighted by atomic mass is 16.3. The molecule has 1 saturated carbocycles. The average molecular weight is 318 g/mol. The average Bonchev–Trinajstić information content (AvgIpc) is 3.33. The number of rotatable bonds is 4. The van der Waals surface area contributed by atoms with Crippen LogP contribution in [0, 0.1) is 5.92 Å². The number of likely N-dealkylation sites (tertiary alicyclic amines) is 1. The van der Waals surface area contributed by atoms with Crippen molar-refractivity contribution in [3.8, 4) is 0 Å². The summed E-state index contributed by atoms with van der Waals surface area (Å²) >= 11 is 0. The molecule has 1 saturated heterocycles. The Morgan fingerprint density at radius 1 is 1.39 bits per heavy atom. The van der Waals surface area contributed by atoms with Crippen LogP contribution in [0.5, 0.6) is 0 Å². The number of nitrogens with one attached hydrogen (secondary N) is 2. The van der Waals surface area contributed by atoms with Gasteiger partial charge < -0.3 is 20.0 Å². The molecule has 1 aliphatic carbocycles.